The first-order valence-corrected chi connectivity index (χ1v) is 8.99. The van der Waals surface area contributed by atoms with E-state index < -0.39 is 0 Å². The van der Waals surface area contributed by atoms with Crippen molar-refractivity contribution in [3.8, 4) is 0 Å². The third-order valence-corrected chi connectivity index (χ3v) is 5.13. The van der Waals surface area contributed by atoms with Gasteiger partial charge in [-0.15, -0.1) is 0 Å². The van der Waals surface area contributed by atoms with E-state index in [2.05, 4.69) is 33.7 Å². The molecule has 2 aromatic heterocycles. The second-order valence-electron chi connectivity index (χ2n) is 6.77. The third kappa shape index (κ3) is 2.71. The first-order chi connectivity index (χ1) is 12.6. The summed E-state index contributed by atoms with van der Waals surface area (Å²) in [5.74, 6) is 0.950. The van der Waals surface area contributed by atoms with Gasteiger partial charge in [0.15, 0.2) is 0 Å². The molecule has 0 fully saturated rings. The number of hydrogen-bond acceptors (Lipinski definition) is 3. The second-order valence-corrected chi connectivity index (χ2v) is 6.77. The largest absolute Gasteiger partial charge is 0.328 e. The number of aryl methyl sites for hydroxylation is 3. The zero-order valence-corrected chi connectivity index (χ0v) is 15.4. The van der Waals surface area contributed by atoms with Crippen LogP contribution in [0.4, 0.5) is 0 Å². The normalized spacial score (nSPS) is 16.6. The Hall–Kier alpha value is -2.89. The van der Waals surface area contributed by atoms with Crippen LogP contribution in [0.25, 0.3) is 0 Å². The van der Waals surface area contributed by atoms with Gasteiger partial charge in [0, 0.05) is 31.2 Å². The summed E-state index contributed by atoms with van der Waals surface area (Å²) < 4.78 is 4.03. The Morgan fingerprint density at radius 2 is 2.00 bits per heavy atom. The minimum absolute atomic E-state index is 0.0166. The summed E-state index contributed by atoms with van der Waals surface area (Å²) in [6.45, 7) is 7.95. The maximum atomic E-state index is 13.4. The molecule has 1 aromatic carbocycles. The van der Waals surface area contributed by atoms with Crippen molar-refractivity contribution >= 4 is 5.91 Å². The Morgan fingerprint density at radius 3 is 2.69 bits per heavy atom. The molecule has 1 aliphatic rings. The number of imidazole rings is 1. The Balaban J connectivity index is 1.76. The van der Waals surface area contributed by atoms with Crippen LogP contribution in [0.1, 0.15) is 46.1 Å². The molecule has 3 heterocycles. The smallest absolute Gasteiger partial charge is 0.258 e. The summed E-state index contributed by atoms with van der Waals surface area (Å²) in [5.41, 5.74) is 3.71. The van der Waals surface area contributed by atoms with Crippen molar-refractivity contribution < 1.29 is 4.79 Å². The van der Waals surface area contributed by atoms with Crippen molar-refractivity contribution in [2.45, 2.75) is 46.4 Å². The molecular formula is C20H23N5O. The van der Waals surface area contributed by atoms with E-state index in [0.717, 1.165) is 35.9 Å². The lowest BCUT2D eigenvalue weighted by atomic mass is 10.0. The van der Waals surface area contributed by atoms with E-state index in [9.17, 15) is 4.79 Å². The van der Waals surface area contributed by atoms with Gasteiger partial charge in [0.1, 0.15) is 5.82 Å². The molecule has 0 saturated heterocycles. The van der Waals surface area contributed by atoms with Gasteiger partial charge in [0.25, 0.3) is 5.91 Å². The topological polar surface area (TPSA) is 56.0 Å². The molecule has 4 rings (SSSR count). The quantitative estimate of drug-likeness (QED) is 0.730. The van der Waals surface area contributed by atoms with E-state index in [1.165, 1.54) is 0 Å². The molecule has 3 aromatic rings. The summed E-state index contributed by atoms with van der Waals surface area (Å²) in [6, 6.07) is 10.2. The maximum Gasteiger partial charge on any atom is 0.258 e. The standard InChI is InChI=1S/C20H23N5O/c1-4-23-11-17(15(3)22-23)20(26)25-13-19-21-10-14(2)24(19)12-18(25)16-8-6-5-7-9-16/h5-11,18H,4,12-13H2,1-3H3/t18-/m0/s1. The molecule has 0 unspecified atom stereocenters. The minimum atomic E-state index is -0.0199. The van der Waals surface area contributed by atoms with Crippen molar-refractivity contribution in [1.82, 2.24) is 24.2 Å². The highest BCUT2D eigenvalue weighted by Crippen LogP contribution is 2.31. The highest BCUT2D eigenvalue weighted by Gasteiger charge is 2.34. The first-order valence-electron chi connectivity index (χ1n) is 8.99. The van der Waals surface area contributed by atoms with Gasteiger partial charge in [0.2, 0.25) is 0 Å². The molecule has 1 amide bonds. The average molecular weight is 349 g/mol. The lowest BCUT2D eigenvalue weighted by Gasteiger charge is -2.37. The van der Waals surface area contributed by atoms with Gasteiger partial charge in [-0.3, -0.25) is 9.48 Å². The minimum Gasteiger partial charge on any atom is -0.328 e. The van der Waals surface area contributed by atoms with Crippen molar-refractivity contribution in [3.05, 3.63) is 71.1 Å². The molecule has 6 heteroatoms. The number of amides is 1. The van der Waals surface area contributed by atoms with Crippen LogP contribution in [0, 0.1) is 13.8 Å². The lowest BCUT2D eigenvalue weighted by molar-refractivity contribution is 0.0582. The van der Waals surface area contributed by atoms with E-state index in [4.69, 9.17) is 0 Å². The van der Waals surface area contributed by atoms with Crippen LogP contribution in [0.3, 0.4) is 0 Å². The van der Waals surface area contributed by atoms with Crippen LogP contribution in [-0.2, 0) is 19.6 Å². The molecule has 6 nitrogen and oxygen atoms in total. The van der Waals surface area contributed by atoms with Crippen LogP contribution >= 0.6 is 0 Å². The molecule has 26 heavy (non-hydrogen) atoms. The summed E-state index contributed by atoms with van der Waals surface area (Å²) in [4.78, 5) is 19.8. The van der Waals surface area contributed by atoms with E-state index in [1.807, 2.05) is 54.0 Å². The van der Waals surface area contributed by atoms with Crippen LogP contribution in [0.5, 0.6) is 0 Å². The molecule has 134 valence electrons. The Morgan fingerprint density at radius 1 is 1.23 bits per heavy atom. The van der Waals surface area contributed by atoms with Gasteiger partial charge < -0.3 is 9.47 Å². The van der Waals surface area contributed by atoms with Gasteiger partial charge in [-0.05, 0) is 26.3 Å². The molecule has 0 bridgehead atoms. The number of rotatable bonds is 3. The summed E-state index contributed by atoms with van der Waals surface area (Å²) in [6.07, 6.45) is 3.73. The van der Waals surface area contributed by atoms with Crippen LogP contribution in [0.2, 0.25) is 0 Å². The zero-order chi connectivity index (χ0) is 18.3. The van der Waals surface area contributed by atoms with Gasteiger partial charge in [0.05, 0.1) is 23.8 Å². The van der Waals surface area contributed by atoms with Crippen LogP contribution in [-0.4, -0.2) is 30.1 Å². The molecule has 1 aliphatic heterocycles. The number of aromatic nitrogens is 4. The van der Waals surface area contributed by atoms with Crippen molar-refractivity contribution in [1.29, 1.82) is 0 Å². The number of carbonyl (C=O) groups is 1. The SMILES string of the molecule is CCn1cc(C(=O)N2Cc3ncc(C)n3C[C@H]2c2ccccc2)c(C)n1. The molecule has 0 saturated carbocycles. The molecule has 0 aliphatic carbocycles. The third-order valence-electron chi connectivity index (χ3n) is 5.13. The van der Waals surface area contributed by atoms with Gasteiger partial charge in [-0.1, -0.05) is 30.3 Å². The second kappa shape index (κ2) is 6.44. The average Bonchev–Trinajstić information content (AvgIpc) is 3.23. The summed E-state index contributed by atoms with van der Waals surface area (Å²) >= 11 is 0. The van der Waals surface area contributed by atoms with Crippen molar-refractivity contribution in [2.24, 2.45) is 0 Å². The first kappa shape index (κ1) is 16.6. The van der Waals surface area contributed by atoms with E-state index in [-0.39, 0.29) is 11.9 Å². The number of nitrogens with zero attached hydrogens (tertiary/aromatic N) is 5. The Labute approximate surface area is 153 Å². The molecule has 0 spiro atoms. The molecule has 1 atom stereocenters. The summed E-state index contributed by atoms with van der Waals surface area (Å²) in [5, 5.41) is 4.44. The number of hydrogen-bond donors (Lipinski definition) is 0. The molecule has 0 radical (unpaired) electrons. The monoisotopic (exact) mass is 349 g/mol. The predicted molar refractivity (Wildman–Crippen MR) is 98.7 cm³/mol. The number of fused-ring (bicyclic) bond motifs is 1. The van der Waals surface area contributed by atoms with Crippen molar-refractivity contribution in [3.63, 3.8) is 0 Å². The van der Waals surface area contributed by atoms with Crippen LogP contribution < -0.4 is 0 Å². The van der Waals surface area contributed by atoms with E-state index >= 15 is 0 Å². The predicted octanol–water partition coefficient (Wildman–Crippen LogP) is 3.11. The number of benzene rings is 1. The van der Waals surface area contributed by atoms with E-state index in [1.54, 1.807) is 0 Å². The molecular weight excluding hydrogens is 326 g/mol. The Kier molecular flexibility index (Phi) is 4.11. The van der Waals surface area contributed by atoms with Crippen molar-refractivity contribution in [2.75, 3.05) is 0 Å². The maximum absolute atomic E-state index is 13.4. The molecule has 0 N–H and O–H groups in total. The highest BCUT2D eigenvalue weighted by atomic mass is 16.2. The Bertz CT molecular complexity index is 941. The lowest BCUT2D eigenvalue weighted by Crippen LogP contribution is -2.41. The fourth-order valence-electron chi connectivity index (χ4n) is 3.64. The number of carbonyl (C=O) groups excluding carboxylic acids is 1. The highest BCUT2D eigenvalue weighted by molar-refractivity contribution is 5.95. The fourth-order valence-corrected chi connectivity index (χ4v) is 3.64. The fraction of sp³-hybridized carbons (Fsp3) is 0.350. The van der Waals surface area contributed by atoms with Gasteiger partial charge in [-0.25, -0.2) is 4.98 Å². The van der Waals surface area contributed by atoms with Gasteiger partial charge in [-0.2, -0.15) is 5.10 Å². The van der Waals surface area contributed by atoms with Gasteiger partial charge >= 0.3 is 0 Å². The van der Waals surface area contributed by atoms with E-state index in [0.29, 0.717) is 12.1 Å². The zero-order valence-electron chi connectivity index (χ0n) is 15.4. The van der Waals surface area contributed by atoms with Crippen LogP contribution in [0.15, 0.2) is 42.7 Å². The summed E-state index contributed by atoms with van der Waals surface area (Å²) in [7, 11) is 0.